The fourth-order valence-electron chi connectivity index (χ4n) is 6.42. The van der Waals surface area contributed by atoms with Crippen LogP contribution in [0.15, 0.2) is 59.1 Å². The van der Waals surface area contributed by atoms with Crippen LogP contribution in [-0.4, -0.2) is 23.2 Å². The van der Waals surface area contributed by atoms with Crippen molar-refractivity contribution in [2.24, 2.45) is 5.41 Å². The molecule has 2 aliphatic carbocycles. The smallest absolute Gasteiger partial charge is 0.147 e. The molecule has 1 saturated carbocycles. The molecule has 0 atom stereocenters. The minimum Gasteiger partial charge on any atom is -0.371 e. The third kappa shape index (κ3) is 3.57. The van der Waals surface area contributed by atoms with Gasteiger partial charge in [-0.1, -0.05) is 35.5 Å². The van der Waals surface area contributed by atoms with E-state index < -0.39 is 0 Å². The molecule has 0 unspecified atom stereocenters. The molecule has 2 aromatic carbocycles. The number of hydrogen-bond acceptors (Lipinski definition) is 4. The second kappa shape index (κ2) is 8.06. The largest absolute Gasteiger partial charge is 0.371 e. The number of hydrogen-bond donors (Lipinski definition) is 0. The summed E-state index contributed by atoms with van der Waals surface area (Å²) < 4.78 is 6.03. The molecule has 2 fully saturated rings. The van der Waals surface area contributed by atoms with Crippen molar-refractivity contribution in [3.8, 4) is 11.3 Å². The molecule has 4 heteroatoms. The van der Waals surface area contributed by atoms with E-state index in [1.807, 2.05) is 0 Å². The molecular formula is C32H33N3O. The predicted molar refractivity (Wildman–Crippen MR) is 146 cm³/mol. The zero-order valence-electron chi connectivity index (χ0n) is 21.5. The average Bonchev–Trinajstić information content (AvgIpc) is 3.62. The van der Waals surface area contributed by atoms with E-state index in [0.717, 1.165) is 42.2 Å². The number of aromatic nitrogens is 2. The van der Waals surface area contributed by atoms with Crippen LogP contribution in [-0.2, 0) is 0 Å². The SMILES string of the molecule is Cc1ccc2cc(N3CCC4(C=C(c5c(-c6c(C)cccc6C)noc5C5CC5)C4)CC3)ccc2n1. The summed E-state index contributed by atoms with van der Waals surface area (Å²) in [5, 5.41) is 5.88. The highest BCUT2D eigenvalue weighted by Crippen LogP contribution is 2.56. The number of pyridine rings is 1. The van der Waals surface area contributed by atoms with Crippen molar-refractivity contribution >= 4 is 22.2 Å². The fraction of sp³-hybridized carbons (Fsp3) is 0.375. The van der Waals surface area contributed by atoms with Gasteiger partial charge in [0.2, 0.25) is 0 Å². The first-order chi connectivity index (χ1) is 17.5. The lowest BCUT2D eigenvalue weighted by atomic mass is 9.63. The Morgan fingerprint density at radius 3 is 2.39 bits per heavy atom. The second-order valence-corrected chi connectivity index (χ2v) is 11.3. The molecule has 36 heavy (non-hydrogen) atoms. The minimum atomic E-state index is 0.317. The molecular weight excluding hydrogens is 442 g/mol. The molecule has 1 spiro atoms. The zero-order valence-corrected chi connectivity index (χ0v) is 21.5. The van der Waals surface area contributed by atoms with Gasteiger partial charge in [0.25, 0.3) is 0 Å². The van der Waals surface area contributed by atoms with Crippen molar-refractivity contribution in [3.05, 3.63) is 82.8 Å². The lowest BCUT2D eigenvalue weighted by Crippen LogP contribution is -2.42. The van der Waals surface area contributed by atoms with Crippen molar-refractivity contribution in [2.45, 2.75) is 58.8 Å². The topological polar surface area (TPSA) is 42.2 Å². The van der Waals surface area contributed by atoms with Gasteiger partial charge < -0.3 is 9.42 Å². The van der Waals surface area contributed by atoms with E-state index in [1.54, 1.807) is 0 Å². The van der Waals surface area contributed by atoms with Crippen LogP contribution >= 0.6 is 0 Å². The van der Waals surface area contributed by atoms with Gasteiger partial charge in [0.1, 0.15) is 11.5 Å². The van der Waals surface area contributed by atoms with Gasteiger partial charge in [-0.15, -0.1) is 0 Å². The summed E-state index contributed by atoms with van der Waals surface area (Å²) in [5.74, 6) is 1.68. The molecule has 182 valence electrons. The normalized spacial score (nSPS) is 19.0. The van der Waals surface area contributed by atoms with Crippen molar-refractivity contribution in [3.63, 3.8) is 0 Å². The van der Waals surface area contributed by atoms with Crippen molar-refractivity contribution in [1.82, 2.24) is 10.1 Å². The Kier molecular flexibility index (Phi) is 4.89. The quantitative estimate of drug-likeness (QED) is 0.302. The van der Waals surface area contributed by atoms with E-state index in [1.165, 1.54) is 64.6 Å². The van der Waals surface area contributed by atoms with E-state index in [9.17, 15) is 0 Å². The molecule has 1 saturated heterocycles. The summed E-state index contributed by atoms with van der Waals surface area (Å²) in [6.45, 7) is 8.62. The summed E-state index contributed by atoms with van der Waals surface area (Å²) in [6, 6.07) is 17.5. The number of allylic oxidation sites excluding steroid dienone is 2. The van der Waals surface area contributed by atoms with Gasteiger partial charge in [0, 0.05) is 46.9 Å². The van der Waals surface area contributed by atoms with Crippen LogP contribution < -0.4 is 4.90 Å². The van der Waals surface area contributed by atoms with E-state index in [2.05, 4.69) is 90.4 Å². The lowest BCUT2D eigenvalue weighted by molar-refractivity contribution is 0.277. The highest BCUT2D eigenvalue weighted by atomic mass is 16.5. The fourth-order valence-corrected chi connectivity index (χ4v) is 6.42. The maximum Gasteiger partial charge on any atom is 0.147 e. The number of nitrogens with zero attached hydrogens (tertiary/aromatic N) is 3. The molecule has 2 aromatic heterocycles. The highest BCUT2D eigenvalue weighted by Gasteiger charge is 2.44. The summed E-state index contributed by atoms with van der Waals surface area (Å²) in [6.07, 6.45) is 8.56. The first-order valence-corrected chi connectivity index (χ1v) is 13.4. The predicted octanol–water partition coefficient (Wildman–Crippen LogP) is 7.77. The summed E-state index contributed by atoms with van der Waals surface area (Å²) >= 11 is 0. The molecule has 0 bridgehead atoms. The Hall–Kier alpha value is -3.40. The Balaban J connectivity index is 1.15. The van der Waals surface area contributed by atoms with Crippen LogP contribution in [0, 0.1) is 26.2 Å². The first-order valence-electron chi connectivity index (χ1n) is 13.4. The minimum absolute atomic E-state index is 0.317. The maximum atomic E-state index is 6.03. The van der Waals surface area contributed by atoms with E-state index in [0.29, 0.717) is 11.3 Å². The first kappa shape index (κ1) is 21.8. The number of piperidine rings is 1. The van der Waals surface area contributed by atoms with Crippen LogP contribution in [0.4, 0.5) is 5.69 Å². The van der Waals surface area contributed by atoms with Crippen LogP contribution in [0.25, 0.3) is 27.7 Å². The number of rotatable bonds is 4. The van der Waals surface area contributed by atoms with E-state index in [4.69, 9.17) is 4.52 Å². The molecule has 4 nitrogen and oxygen atoms in total. The molecule has 4 aromatic rings. The van der Waals surface area contributed by atoms with Crippen molar-refractivity contribution < 1.29 is 4.52 Å². The molecule has 0 N–H and O–H groups in total. The molecule has 0 radical (unpaired) electrons. The summed E-state index contributed by atoms with van der Waals surface area (Å²) in [4.78, 5) is 7.21. The van der Waals surface area contributed by atoms with Crippen LogP contribution in [0.5, 0.6) is 0 Å². The van der Waals surface area contributed by atoms with Crippen LogP contribution in [0.1, 0.15) is 66.2 Å². The molecule has 1 aliphatic heterocycles. The Labute approximate surface area is 213 Å². The van der Waals surface area contributed by atoms with Gasteiger partial charge >= 0.3 is 0 Å². The van der Waals surface area contributed by atoms with E-state index >= 15 is 0 Å². The number of fused-ring (bicyclic) bond motifs is 1. The number of benzene rings is 2. The van der Waals surface area contributed by atoms with Gasteiger partial charge in [0.05, 0.1) is 5.52 Å². The zero-order chi connectivity index (χ0) is 24.4. The van der Waals surface area contributed by atoms with E-state index in [-0.39, 0.29) is 0 Å². The summed E-state index contributed by atoms with van der Waals surface area (Å²) in [7, 11) is 0. The Morgan fingerprint density at radius 1 is 0.917 bits per heavy atom. The van der Waals surface area contributed by atoms with Gasteiger partial charge in [0.15, 0.2) is 0 Å². The lowest BCUT2D eigenvalue weighted by Gasteiger charge is -2.47. The maximum absolute atomic E-state index is 6.03. The summed E-state index contributed by atoms with van der Waals surface area (Å²) in [5.41, 5.74) is 11.4. The number of aryl methyl sites for hydroxylation is 3. The molecule has 3 heterocycles. The number of anilines is 1. The van der Waals surface area contributed by atoms with Gasteiger partial charge in [-0.25, -0.2) is 0 Å². The van der Waals surface area contributed by atoms with Gasteiger partial charge in [-0.05, 0) is 99.3 Å². The standard InChI is InChI=1S/C32H33N3O/c1-20-5-4-6-21(2)28(20)30-29(31(36-34-30)23-9-10-23)25-18-32(19-25)13-15-35(16-14-32)26-11-12-27-24(17-26)8-7-22(3)33-27/h4-8,11-12,17-18,23H,9-10,13-16,19H2,1-3H3. The second-order valence-electron chi connectivity index (χ2n) is 11.3. The molecule has 7 rings (SSSR count). The molecule has 3 aliphatic rings. The average molecular weight is 476 g/mol. The van der Waals surface area contributed by atoms with Crippen LogP contribution in [0.2, 0.25) is 0 Å². The third-order valence-corrected chi connectivity index (χ3v) is 8.66. The molecule has 0 amide bonds. The van der Waals surface area contributed by atoms with Crippen molar-refractivity contribution in [2.75, 3.05) is 18.0 Å². The Bertz CT molecular complexity index is 1500. The Morgan fingerprint density at radius 2 is 1.67 bits per heavy atom. The monoisotopic (exact) mass is 475 g/mol. The highest BCUT2D eigenvalue weighted by molar-refractivity contribution is 5.86. The van der Waals surface area contributed by atoms with Gasteiger partial charge in [-0.2, -0.15) is 0 Å². The van der Waals surface area contributed by atoms with Crippen LogP contribution in [0.3, 0.4) is 0 Å². The van der Waals surface area contributed by atoms with Gasteiger partial charge in [-0.3, -0.25) is 4.98 Å². The third-order valence-electron chi connectivity index (χ3n) is 8.66. The van der Waals surface area contributed by atoms with Crippen molar-refractivity contribution in [1.29, 1.82) is 0 Å².